The number of carboxylic acids is 1. The average molecular weight is 231 g/mol. The van der Waals surface area contributed by atoms with Crippen molar-refractivity contribution in [2.24, 2.45) is 22.7 Å². The van der Waals surface area contributed by atoms with E-state index >= 15 is 0 Å². The molecule has 4 aliphatic carbocycles. The first-order chi connectivity index (χ1) is 6.51. The molecule has 1 N–H and O–H groups in total. The summed E-state index contributed by atoms with van der Waals surface area (Å²) in [7, 11) is 0. The van der Waals surface area contributed by atoms with Crippen LogP contribution in [0.25, 0.3) is 0 Å². The van der Waals surface area contributed by atoms with Crippen LogP contribution in [0.5, 0.6) is 0 Å². The summed E-state index contributed by atoms with van der Waals surface area (Å²) in [6.45, 7) is 2.31. The third-order valence-electron chi connectivity index (χ3n) is 4.81. The lowest BCUT2D eigenvalue weighted by molar-refractivity contribution is -0.172. The molecule has 0 spiro atoms. The van der Waals surface area contributed by atoms with Gasteiger partial charge in [-0.1, -0.05) is 6.92 Å². The maximum atomic E-state index is 11.4. The molecule has 0 radical (unpaired) electrons. The van der Waals surface area contributed by atoms with Gasteiger partial charge in [-0.3, -0.25) is 4.79 Å². The summed E-state index contributed by atoms with van der Waals surface area (Å²) < 4.78 is 0. The van der Waals surface area contributed by atoms with E-state index in [-0.39, 0.29) is 17.8 Å². The number of carboxylic acid groups (broad SMARTS) is 1. The number of aliphatic carboxylic acids is 1. The van der Waals surface area contributed by atoms with Crippen molar-refractivity contribution in [3.63, 3.8) is 0 Å². The van der Waals surface area contributed by atoms with Crippen LogP contribution in [0.1, 0.15) is 45.4 Å². The first-order valence-corrected chi connectivity index (χ1v) is 5.75. The van der Waals surface area contributed by atoms with E-state index in [1.54, 1.807) is 0 Å². The van der Waals surface area contributed by atoms with E-state index in [0.29, 0.717) is 5.41 Å². The Labute approximate surface area is 96.8 Å². The van der Waals surface area contributed by atoms with Gasteiger partial charge >= 0.3 is 5.97 Å². The second kappa shape index (κ2) is 3.13. The number of carbonyl (C=O) groups is 1. The van der Waals surface area contributed by atoms with Crippen LogP contribution in [0.4, 0.5) is 0 Å². The molecule has 4 aliphatic rings. The van der Waals surface area contributed by atoms with Crippen molar-refractivity contribution in [2.45, 2.75) is 45.4 Å². The van der Waals surface area contributed by atoms with Crippen molar-refractivity contribution in [3.05, 3.63) is 0 Å². The van der Waals surface area contributed by atoms with Gasteiger partial charge in [0.15, 0.2) is 0 Å². The summed E-state index contributed by atoms with van der Waals surface area (Å²) in [6, 6.07) is 0. The lowest BCUT2D eigenvalue weighted by atomic mass is 9.45. The fourth-order valence-corrected chi connectivity index (χ4v) is 4.97. The second-order valence-electron chi connectivity index (χ2n) is 6.36. The second-order valence-corrected chi connectivity index (χ2v) is 6.36. The van der Waals surface area contributed by atoms with Crippen molar-refractivity contribution in [1.29, 1.82) is 0 Å². The zero-order valence-electron chi connectivity index (χ0n) is 9.16. The summed E-state index contributed by atoms with van der Waals surface area (Å²) in [4.78, 5) is 11.4. The normalized spacial score (nSPS) is 51.3. The van der Waals surface area contributed by atoms with Crippen molar-refractivity contribution in [3.8, 4) is 0 Å². The highest BCUT2D eigenvalue weighted by atomic mass is 35.5. The van der Waals surface area contributed by atoms with Gasteiger partial charge in [0, 0.05) is 0 Å². The van der Waals surface area contributed by atoms with Crippen molar-refractivity contribution >= 4 is 18.4 Å². The first-order valence-electron chi connectivity index (χ1n) is 5.75. The molecule has 0 aromatic carbocycles. The Balaban J connectivity index is 0.000000853. The predicted molar refractivity (Wildman–Crippen MR) is 60.1 cm³/mol. The van der Waals surface area contributed by atoms with E-state index in [1.165, 1.54) is 19.3 Å². The molecule has 4 fully saturated rings. The Morgan fingerprint density at radius 1 is 1.20 bits per heavy atom. The molecular formula is C12H19ClO2. The van der Waals surface area contributed by atoms with E-state index < -0.39 is 5.97 Å². The summed E-state index contributed by atoms with van der Waals surface area (Å²) in [5.74, 6) is 0.924. The highest BCUT2D eigenvalue weighted by Crippen LogP contribution is 2.65. The van der Waals surface area contributed by atoms with Crippen LogP contribution in [0.2, 0.25) is 0 Å². The summed E-state index contributed by atoms with van der Waals surface area (Å²) in [5.41, 5.74) is 0.0430. The Bertz CT molecular complexity index is 286. The van der Waals surface area contributed by atoms with Gasteiger partial charge in [-0.2, -0.15) is 0 Å². The summed E-state index contributed by atoms with van der Waals surface area (Å²) in [5, 5.41) is 9.39. The van der Waals surface area contributed by atoms with Gasteiger partial charge in [0.1, 0.15) is 0 Å². The van der Waals surface area contributed by atoms with E-state index in [2.05, 4.69) is 6.92 Å². The molecule has 2 nitrogen and oxygen atoms in total. The van der Waals surface area contributed by atoms with Gasteiger partial charge in [-0.05, 0) is 55.8 Å². The molecule has 0 aliphatic heterocycles. The fraction of sp³-hybridized carbons (Fsp3) is 0.917. The van der Waals surface area contributed by atoms with Gasteiger partial charge < -0.3 is 5.11 Å². The van der Waals surface area contributed by atoms with Crippen LogP contribution >= 0.6 is 12.4 Å². The zero-order valence-corrected chi connectivity index (χ0v) is 9.98. The molecule has 0 saturated heterocycles. The van der Waals surface area contributed by atoms with Gasteiger partial charge in [0.25, 0.3) is 0 Å². The van der Waals surface area contributed by atoms with Crippen molar-refractivity contribution < 1.29 is 9.90 Å². The standard InChI is InChI=1S/C12H18O2.ClH/c1-11-3-8-2-9(4-11)6-12(5-8,7-11)10(13)14;/h8-9H,2-7H2,1H3,(H,13,14);1H. The van der Waals surface area contributed by atoms with E-state index in [0.717, 1.165) is 31.1 Å². The zero-order chi connectivity index (χ0) is 9.97. The SMILES string of the molecule is CC12CC3CC(C1)CC(C(=O)O)(C3)C2.Cl. The van der Waals surface area contributed by atoms with E-state index in [1.807, 2.05) is 0 Å². The first kappa shape index (κ1) is 11.3. The molecule has 0 amide bonds. The molecule has 86 valence electrons. The molecule has 0 aromatic heterocycles. The minimum absolute atomic E-state index is 0. The minimum atomic E-state index is -0.516. The minimum Gasteiger partial charge on any atom is -0.481 e. The number of hydrogen-bond acceptors (Lipinski definition) is 1. The van der Waals surface area contributed by atoms with Gasteiger partial charge in [0.2, 0.25) is 0 Å². The highest BCUT2D eigenvalue weighted by Gasteiger charge is 2.59. The topological polar surface area (TPSA) is 37.3 Å². The van der Waals surface area contributed by atoms with Gasteiger partial charge in [0.05, 0.1) is 5.41 Å². The van der Waals surface area contributed by atoms with Gasteiger partial charge in [-0.25, -0.2) is 0 Å². The van der Waals surface area contributed by atoms with Crippen molar-refractivity contribution in [1.82, 2.24) is 0 Å². The highest BCUT2D eigenvalue weighted by molar-refractivity contribution is 5.85. The lowest BCUT2D eigenvalue weighted by Crippen LogP contribution is -2.53. The Morgan fingerprint density at radius 3 is 2.13 bits per heavy atom. The fourth-order valence-electron chi connectivity index (χ4n) is 4.97. The smallest absolute Gasteiger partial charge is 0.309 e. The van der Waals surface area contributed by atoms with Crippen LogP contribution in [0.3, 0.4) is 0 Å². The molecule has 4 bridgehead atoms. The predicted octanol–water partition coefficient (Wildman–Crippen LogP) is 3.10. The molecular weight excluding hydrogens is 212 g/mol. The third-order valence-corrected chi connectivity index (χ3v) is 4.81. The maximum Gasteiger partial charge on any atom is 0.309 e. The molecule has 0 aromatic rings. The average Bonchev–Trinajstić information content (AvgIpc) is 1.98. The Morgan fingerprint density at radius 2 is 1.73 bits per heavy atom. The number of halogens is 1. The van der Waals surface area contributed by atoms with Crippen LogP contribution in [0, 0.1) is 22.7 Å². The summed E-state index contributed by atoms with van der Waals surface area (Å²) in [6.07, 6.45) is 6.77. The van der Waals surface area contributed by atoms with Crippen LogP contribution in [-0.2, 0) is 4.79 Å². The van der Waals surface area contributed by atoms with Crippen LogP contribution in [0.15, 0.2) is 0 Å². The van der Waals surface area contributed by atoms with E-state index in [9.17, 15) is 9.90 Å². The monoisotopic (exact) mass is 230 g/mol. The quantitative estimate of drug-likeness (QED) is 0.752. The van der Waals surface area contributed by atoms with Gasteiger partial charge in [-0.15, -0.1) is 12.4 Å². The number of rotatable bonds is 1. The largest absolute Gasteiger partial charge is 0.481 e. The van der Waals surface area contributed by atoms with E-state index in [4.69, 9.17) is 0 Å². The molecule has 2 unspecified atom stereocenters. The van der Waals surface area contributed by atoms with Crippen LogP contribution in [-0.4, -0.2) is 11.1 Å². The molecule has 2 atom stereocenters. The molecule has 3 heteroatoms. The molecule has 15 heavy (non-hydrogen) atoms. The number of hydrogen-bond donors (Lipinski definition) is 1. The molecule has 0 heterocycles. The lowest BCUT2D eigenvalue weighted by Gasteiger charge is -2.59. The third kappa shape index (κ3) is 1.49. The Kier molecular flexibility index (Phi) is 2.35. The summed E-state index contributed by atoms with van der Waals surface area (Å²) >= 11 is 0. The molecule has 4 rings (SSSR count). The van der Waals surface area contributed by atoms with Crippen molar-refractivity contribution in [2.75, 3.05) is 0 Å². The molecule has 4 saturated carbocycles. The maximum absolute atomic E-state index is 11.4. The van der Waals surface area contributed by atoms with Crippen LogP contribution < -0.4 is 0 Å². The Hall–Kier alpha value is -0.240.